The molecule has 0 radical (unpaired) electrons. The Morgan fingerprint density at radius 1 is 1.73 bits per heavy atom. The minimum atomic E-state index is -1.00. The van der Waals surface area contributed by atoms with E-state index in [-0.39, 0.29) is 0 Å². The summed E-state index contributed by atoms with van der Waals surface area (Å²) in [5.74, 6) is 0.305. The zero-order valence-electron chi connectivity index (χ0n) is 7.47. The largest absolute Gasteiger partial charge is 0.474 e. The highest BCUT2D eigenvalue weighted by Crippen LogP contribution is 2.20. The lowest BCUT2D eigenvalue weighted by Crippen LogP contribution is -2.06. The Morgan fingerprint density at radius 2 is 2.45 bits per heavy atom. The molecule has 1 rings (SSSR count). The van der Waals surface area contributed by atoms with E-state index in [0.717, 1.165) is 0 Å². The molecule has 2 nitrogen and oxygen atoms in total. The number of pyridine rings is 1. The minimum absolute atomic E-state index is 0.305. The summed E-state index contributed by atoms with van der Waals surface area (Å²) in [5.41, 5.74) is 0. The Labute approximate surface area is 72.6 Å². The van der Waals surface area contributed by atoms with E-state index in [9.17, 15) is 0 Å². The van der Waals surface area contributed by atoms with E-state index in [4.69, 9.17) is 17.7 Å². The van der Waals surface area contributed by atoms with Gasteiger partial charge in [0.1, 0.15) is 5.02 Å². The second-order valence-corrected chi connectivity index (χ2v) is 2.71. The fourth-order valence-electron chi connectivity index (χ4n) is 0.640. The smallest absolute Gasteiger partial charge is 0.232 e. The monoisotopic (exact) mass is 172 g/mol. The molecule has 0 spiro atoms. The summed E-state index contributed by atoms with van der Waals surface area (Å²) in [6.45, 7) is 3.25. The maximum Gasteiger partial charge on any atom is 0.232 e. The highest BCUT2D eigenvalue weighted by molar-refractivity contribution is 6.31. The van der Waals surface area contributed by atoms with E-state index < -0.39 is 6.08 Å². The van der Waals surface area contributed by atoms with E-state index in [1.807, 2.05) is 0 Å². The second-order valence-electron chi connectivity index (χ2n) is 2.30. The van der Waals surface area contributed by atoms with Crippen LogP contribution in [0.25, 0.3) is 0 Å². The first-order valence-electron chi connectivity index (χ1n) is 3.78. The summed E-state index contributed by atoms with van der Waals surface area (Å²) < 4.78 is 12.6. The molecule has 11 heavy (non-hydrogen) atoms. The zero-order chi connectivity index (χ0) is 9.19. The van der Waals surface area contributed by atoms with Crippen LogP contribution in [0.2, 0.25) is 5.02 Å². The van der Waals surface area contributed by atoms with Crippen molar-refractivity contribution in [3.8, 4) is 5.88 Å². The van der Waals surface area contributed by atoms with Crippen LogP contribution in [-0.4, -0.2) is 11.1 Å². The van der Waals surface area contributed by atoms with Crippen LogP contribution in [0.3, 0.4) is 0 Å². The van der Waals surface area contributed by atoms with Crippen molar-refractivity contribution in [2.24, 2.45) is 0 Å². The first-order valence-corrected chi connectivity index (χ1v) is 3.66. The standard InChI is InChI=1S/C8H10ClNO/c1-6(2)11-8-7(9)4-3-5-10-8/h3-6H,1-2H3/i6D. The van der Waals surface area contributed by atoms with Crippen molar-refractivity contribution >= 4 is 11.6 Å². The summed E-state index contributed by atoms with van der Waals surface area (Å²) in [5, 5.41) is 0.429. The lowest BCUT2D eigenvalue weighted by molar-refractivity contribution is 0.233. The van der Waals surface area contributed by atoms with E-state index >= 15 is 0 Å². The molecular weight excluding hydrogens is 162 g/mol. The van der Waals surface area contributed by atoms with Crippen LogP contribution < -0.4 is 4.74 Å². The molecule has 0 N–H and O–H groups in total. The van der Waals surface area contributed by atoms with Crippen LogP contribution in [0.5, 0.6) is 5.88 Å². The lowest BCUT2D eigenvalue weighted by Gasteiger charge is -2.08. The van der Waals surface area contributed by atoms with E-state index in [1.54, 1.807) is 32.2 Å². The molecule has 0 aliphatic carbocycles. The Kier molecular flexibility index (Phi) is 2.25. The Bertz CT molecular complexity index is 272. The van der Waals surface area contributed by atoms with Crippen molar-refractivity contribution in [3.63, 3.8) is 0 Å². The van der Waals surface area contributed by atoms with Crippen LogP contribution >= 0.6 is 11.6 Å². The molecule has 1 aromatic rings. The fraction of sp³-hybridized carbons (Fsp3) is 0.375. The van der Waals surface area contributed by atoms with Crippen molar-refractivity contribution in [2.75, 3.05) is 0 Å². The number of nitrogens with zero attached hydrogens (tertiary/aromatic N) is 1. The van der Waals surface area contributed by atoms with Crippen molar-refractivity contribution in [1.82, 2.24) is 4.98 Å². The quantitative estimate of drug-likeness (QED) is 0.684. The summed E-state index contributed by atoms with van der Waals surface area (Å²) in [7, 11) is 0. The maximum absolute atomic E-state index is 7.45. The molecule has 0 aromatic carbocycles. The maximum atomic E-state index is 7.45. The van der Waals surface area contributed by atoms with Gasteiger partial charge in [0.05, 0.1) is 7.45 Å². The predicted molar refractivity (Wildman–Crippen MR) is 45.0 cm³/mol. The topological polar surface area (TPSA) is 22.1 Å². The molecule has 0 unspecified atom stereocenters. The average Bonchev–Trinajstić information content (AvgIpc) is 1.91. The van der Waals surface area contributed by atoms with Crippen LogP contribution in [0.15, 0.2) is 18.3 Å². The van der Waals surface area contributed by atoms with Crippen LogP contribution in [0, 0.1) is 0 Å². The normalized spacial score (nSPS) is 12.5. The molecule has 3 heteroatoms. The van der Waals surface area contributed by atoms with Crippen molar-refractivity contribution in [1.29, 1.82) is 0 Å². The van der Waals surface area contributed by atoms with Gasteiger partial charge in [0.15, 0.2) is 0 Å². The molecule has 0 saturated heterocycles. The summed E-state index contributed by atoms with van der Waals surface area (Å²) >= 11 is 5.76. The van der Waals surface area contributed by atoms with E-state index in [1.165, 1.54) is 0 Å². The van der Waals surface area contributed by atoms with Gasteiger partial charge >= 0.3 is 0 Å². The highest BCUT2D eigenvalue weighted by Gasteiger charge is 2.02. The van der Waals surface area contributed by atoms with Crippen molar-refractivity contribution in [3.05, 3.63) is 23.4 Å². The minimum Gasteiger partial charge on any atom is -0.474 e. The average molecular weight is 173 g/mol. The Balaban J connectivity index is 2.83. The number of rotatable bonds is 2. The predicted octanol–water partition coefficient (Wildman–Crippen LogP) is 2.52. The van der Waals surface area contributed by atoms with Gasteiger partial charge in [-0.2, -0.15) is 0 Å². The first-order chi connectivity index (χ1) is 5.49. The molecule has 0 atom stereocenters. The van der Waals surface area contributed by atoms with E-state index in [2.05, 4.69) is 4.98 Å². The molecule has 0 aliphatic rings. The van der Waals surface area contributed by atoms with Crippen LogP contribution in [0.4, 0.5) is 0 Å². The zero-order valence-corrected chi connectivity index (χ0v) is 7.22. The van der Waals surface area contributed by atoms with Gasteiger partial charge in [-0.25, -0.2) is 4.98 Å². The van der Waals surface area contributed by atoms with Gasteiger partial charge in [-0.05, 0) is 26.0 Å². The van der Waals surface area contributed by atoms with Crippen molar-refractivity contribution < 1.29 is 6.11 Å². The molecule has 0 bridgehead atoms. The van der Waals surface area contributed by atoms with Gasteiger partial charge in [-0.15, -0.1) is 0 Å². The van der Waals surface area contributed by atoms with Crippen LogP contribution in [0.1, 0.15) is 15.2 Å². The van der Waals surface area contributed by atoms with E-state index in [0.29, 0.717) is 10.9 Å². The molecule has 0 fully saturated rings. The second kappa shape index (κ2) is 3.58. The third kappa shape index (κ3) is 2.39. The third-order valence-electron chi connectivity index (χ3n) is 1.03. The Hall–Kier alpha value is -0.760. The van der Waals surface area contributed by atoms with Crippen molar-refractivity contribution in [2.45, 2.75) is 19.9 Å². The molecule has 1 aromatic heterocycles. The molecule has 0 amide bonds. The number of aromatic nitrogens is 1. The molecule has 0 saturated carbocycles. The summed E-state index contributed by atoms with van der Waals surface area (Å²) in [4.78, 5) is 3.89. The molecule has 60 valence electrons. The highest BCUT2D eigenvalue weighted by atomic mass is 35.5. The van der Waals surface area contributed by atoms with Gasteiger partial charge in [0.2, 0.25) is 5.88 Å². The number of hydrogen-bond acceptors (Lipinski definition) is 2. The number of ether oxygens (including phenoxy) is 1. The van der Waals surface area contributed by atoms with Gasteiger partial charge in [-0.3, -0.25) is 0 Å². The van der Waals surface area contributed by atoms with Crippen LogP contribution in [-0.2, 0) is 0 Å². The third-order valence-corrected chi connectivity index (χ3v) is 1.31. The first kappa shape index (κ1) is 6.92. The Morgan fingerprint density at radius 3 is 3.00 bits per heavy atom. The van der Waals surface area contributed by atoms with Gasteiger partial charge in [0.25, 0.3) is 0 Å². The summed E-state index contributed by atoms with van der Waals surface area (Å²) in [6, 6.07) is 3.39. The number of hydrogen-bond donors (Lipinski definition) is 0. The molecule has 0 aliphatic heterocycles. The molecule has 1 heterocycles. The fourth-order valence-corrected chi connectivity index (χ4v) is 0.800. The van der Waals surface area contributed by atoms with Gasteiger partial charge < -0.3 is 4.74 Å². The number of halogens is 1. The van der Waals surface area contributed by atoms with Gasteiger partial charge in [-0.1, -0.05) is 11.6 Å². The lowest BCUT2D eigenvalue weighted by atomic mass is 10.4. The molecular formula is C8H10ClNO. The SMILES string of the molecule is [2H]C(C)(C)Oc1ncccc1Cl. The summed E-state index contributed by atoms with van der Waals surface area (Å²) in [6.07, 6.45) is 0.574. The van der Waals surface area contributed by atoms with Gasteiger partial charge in [0, 0.05) is 6.20 Å².